The number of amides is 1. The second-order valence-electron chi connectivity index (χ2n) is 7.04. The third-order valence-corrected chi connectivity index (χ3v) is 5.37. The highest BCUT2D eigenvalue weighted by molar-refractivity contribution is 5.98. The van der Waals surface area contributed by atoms with Gasteiger partial charge in [0, 0.05) is 37.7 Å². The van der Waals surface area contributed by atoms with Crippen LogP contribution in [0.3, 0.4) is 0 Å². The number of carbonyl (C=O) groups is 1. The van der Waals surface area contributed by atoms with E-state index in [9.17, 15) is 4.79 Å². The molecule has 1 atom stereocenters. The fraction of sp³-hybridized carbons (Fsp3) is 0.318. The Morgan fingerprint density at radius 2 is 2.00 bits per heavy atom. The molecule has 0 saturated carbocycles. The van der Waals surface area contributed by atoms with E-state index >= 15 is 0 Å². The average molecular weight is 358 g/mol. The molecule has 2 aliphatic heterocycles. The molecular weight excluding hydrogens is 336 g/mol. The van der Waals surface area contributed by atoms with Crippen molar-refractivity contribution in [1.29, 1.82) is 5.26 Å². The zero-order valence-electron chi connectivity index (χ0n) is 15.2. The number of benzene rings is 1. The third-order valence-electron chi connectivity index (χ3n) is 5.37. The Morgan fingerprint density at radius 3 is 2.74 bits per heavy atom. The Balaban J connectivity index is 1.51. The summed E-state index contributed by atoms with van der Waals surface area (Å²) in [6.45, 7) is 2.42. The quantitative estimate of drug-likeness (QED) is 0.845. The van der Waals surface area contributed by atoms with Crippen LogP contribution >= 0.6 is 0 Å². The largest absolute Gasteiger partial charge is 0.311 e. The van der Waals surface area contributed by atoms with E-state index in [1.165, 1.54) is 5.57 Å². The molecule has 4 rings (SSSR count). The van der Waals surface area contributed by atoms with Crippen molar-refractivity contribution in [3.63, 3.8) is 0 Å². The fourth-order valence-electron chi connectivity index (χ4n) is 3.96. The van der Waals surface area contributed by atoms with Crippen LogP contribution in [0.4, 0.5) is 5.69 Å². The van der Waals surface area contributed by atoms with E-state index in [2.05, 4.69) is 28.1 Å². The average Bonchev–Trinajstić information content (AvgIpc) is 2.75. The summed E-state index contributed by atoms with van der Waals surface area (Å²) in [5.74, 6) is 0.165. The Morgan fingerprint density at radius 1 is 1.15 bits per heavy atom. The van der Waals surface area contributed by atoms with Gasteiger partial charge >= 0.3 is 0 Å². The molecule has 136 valence electrons. The maximum absolute atomic E-state index is 13.2. The van der Waals surface area contributed by atoms with Crippen molar-refractivity contribution in [2.45, 2.75) is 25.3 Å². The van der Waals surface area contributed by atoms with Gasteiger partial charge in [-0.1, -0.05) is 12.1 Å². The van der Waals surface area contributed by atoms with Crippen LogP contribution in [0, 0.1) is 11.3 Å². The number of pyridine rings is 1. The summed E-state index contributed by atoms with van der Waals surface area (Å²) < 4.78 is 0. The third kappa shape index (κ3) is 3.62. The van der Waals surface area contributed by atoms with Crippen LogP contribution in [-0.2, 0) is 4.79 Å². The normalized spacial score (nSPS) is 20.9. The summed E-state index contributed by atoms with van der Waals surface area (Å²) in [6, 6.07) is 13.4. The van der Waals surface area contributed by atoms with Gasteiger partial charge in [-0.25, -0.2) is 0 Å². The summed E-state index contributed by atoms with van der Waals surface area (Å²) >= 11 is 0. The highest BCUT2D eigenvalue weighted by atomic mass is 16.2. The lowest BCUT2D eigenvalue weighted by molar-refractivity contribution is -0.125. The standard InChI is InChI=1S/C22H22N4O/c23-14-17-7-9-20(10-8-17)26-13-3-6-21(22(26)27)25-12-2-5-19(16-25)18-4-1-11-24-15-18/h1,4-5,7-11,15,21H,2-3,6,12-13,16H2. The number of nitriles is 1. The lowest BCUT2D eigenvalue weighted by atomic mass is 9.97. The smallest absolute Gasteiger partial charge is 0.244 e. The van der Waals surface area contributed by atoms with Crippen LogP contribution < -0.4 is 4.90 Å². The van der Waals surface area contributed by atoms with Gasteiger partial charge in [-0.15, -0.1) is 0 Å². The van der Waals surface area contributed by atoms with Gasteiger partial charge < -0.3 is 4.90 Å². The van der Waals surface area contributed by atoms with Crippen LogP contribution in [-0.4, -0.2) is 41.5 Å². The number of hydrogen-bond donors (Lipinski definition) is 0. The summed E-state index contributed by atoms with van der Waals surface area (Å²) in [7, 11) is 0. The number of nitrogens with zero attached hydrogens (tertiary/aromatic N) is 4. The van der Waals surface area contributed by atoms with E-state index in [0.717, 1.165) is 50.1 Å². The summed E-state index contributed by atoms with van der Waals surface area (Å²) in [6.07, 6.45) is 8.76. The van der Waals surface area contributed by atoms with Gasteiger partial charge in [0.25, 0.3) is 0 Å². The van der Waals surface area contributed by atoms with Gasteiger partial charge in [0.15, 0.2) is 0 Å². The van der Waals surface area contributed by atoms with Crippen molar-refractivity contribution < 1.29 is 4.79 Å². The Hall–Kier alpha value is -2.97. The molecule has 2 aromatic rings. The first-order valence-electron chi connectivity index (χ1n) is 9.41. The zero-order chi connectivity index (χ0) is 18.6. The number of piperidine rings is 1. The lowest BCUT2D eigenvalue weighted by Gasteiger charge is -2.40. The van der Waals surface area contributed by atoms with Crippen molar-refractivity contribution in [2.24, 2.45) is 0 Å². The number of rotatable bonds is 3. The molecule has 27 heavy (non-hydrogen) atoms. The number of hydrogen-bond acceptors (Lipinski definition) is 4. The van der Waals surface area contributed by atoms with E-state index in [-0.39, 0.29) is 11.9 Å². The van der Waals surface area contributed by atoms with Crippen LogP contribution in [0.1, 0.15) is 30.4 Å². The first-order valence-corrected chi connectivity index (χ1v) is 9.41. The predicted octanol–water partition coefficient (Wildman–Crippen LogP) is 3.24. The Bertz CT molecular complexity index is 883. The molecule has 0 N–H and O–H groups in total. The van der Waals surface area contributed by atoms with Gasteiger partial charge in [0.2, 0.25) is 5.91 Å². The molecule has 5 heteroatoms. The van der Waals surface area contributed by atoms with Crippen molar-refractivity contribution in [1.82, 2.24) is 9.88 Å². The molecule has 1 fully saturated rings. The van der Waals surface area contributed by atoms with Crippen LogP contribution in [0.15, 0.2) is 54.9 Å². The van der Waals surface area contributed by atoms with Crippen molar-refractivity contribution in [3.8, 4) is 6.07 Å². The molecule has 2 aliphatic rings. The van der Waals surface area contributed by atoms with Gasteiger partial charge in [-0.3, -0.25) is 14.7 Å². The van der Waals surface area contributed by atoms with Gasteiger partial charge in [-0.05, 0) is 60.7 Å². The first kappa shape index (κ1) is 17.4. The molecule has 0 radical (unpaired) electrons. The summed E-state index contributed by atoms with van der Waals surface area (Å²) in [5.41, 5.74) is 3.87. The number of carbonyl (C=O) groups excluding carboxylic acids is 1. The van der Waals surface area contributed by atoms with Crippen LogP contribution in [0.2, 0.25) is 0 Å². The van der Waals surface area contributed by atoms with E-state index in [1.807, 2.05) is 29.3 Å². The monoisotopic (exact) mass is 358 g/mol. The molecule has 1 unspecified atom stereocenters. The topological polar surface area (TPSA) is 60.2 Å². The Labute approximate surface area is 159 Å². The molecule has 1 saturated heterocycles. The molecule has 0 aliphatic carbocycles. The summed E-state index contributed by atoms with van der Waals surface area (Å²) in [5, 5.41) is 8.97. The Kier molecular flexibility index (Phi) is 4.99. The minimum absolute atomic E-state index is 0.0882. The molecule has 1 aromatic carbocycles. The highest BCUT2D eigenvalue weighted by Gasteiger charge is 2.34. The van der Waals surface area contributed by atoms with Gasteiger partial charge in [0.05, 0.1) is 17.7 Å². The van der Waals surface area contributed by atoms with E-state index in [4.69, 9.17) is 5.26 Å². The SMILES string of the molecule is N#Cc1ccc(N2CCCC(N3CCC=C(c4cccnc4)C3)C2=O)cc1. The molecular formula is C22H22N4O. The molecule has 1 amide bonds. The highest BCUT2D eigenvalue weighted by Crippen LogP contribution is 2.28. The van der Waals surface area contributed by atoms with Gasteiger partial charge in [0.1, 0.15) is 0 Å². The fourth-order valence-corrected chi connectivity index (χ4v) is 3.96. The molecule has 5 nitrogen and oxygen atoms in total. The van der Waals surface area contributed by atoms with E-state index < -0.39 is 0 Å². The molecule has 0 spiro atoms. The number of aromatic nitrogens is 1. The maximum atomic E-state index is 13.2. The van der Waals surface area contributed by atoms with Gasteiger partial charge in [-0.2, -0.15) is 5.26 Å². The van der Waals surface area contributed by atoms with Crippen molar-refractivity contribution >= 4 is 17.2 Å². The first-order chi connectivity index (χ1) is 13.3. The molecule has 0 bridgehead atoms. The van der Waals surface area contributed by atoms with Crippen molar-refractivity contribution in [3.05, 3.63) is 66.0 Å². The minimum Gasteiger partial charge on any atom is -0.311 e. The van der Waals surface area contributed by atoms with Crippen LogP contribution in [0.5, 0.6) is 0 Å². The molecule has 3 heterocycles. The second kappa shape index (κ2) is 7.73. The zero-order valence-corrected chi connectivity index (χ0v) is 15.2. The second-order valence-corrected chi connectivity index (χ2v) is 7.04. The van der Waals surface area contributed by atoms with Crippen molar-refractivity contribution in [2.75, 3.05) is 24.5 Å². The summed E-state index contributed by atoms with van der Waals surface area (Å²) in [4.78, 5) is 21.6. The number of anilines is 1. The van der Waals surface area contributed by atoms with Crippen LogP contribution in [0.25, 0.3) is 5.57 Å². The predicted molar refractivity (Wildman–Crippen MR) is 105 cm³/mol. The lowest BCUT2D eigenvalue weighted by Crippen LogP contribution is -2.53. The molecule has 1 aromatic heterocycles. The maximum Gasteiger partial charge on any atom is 0.244 e. The van der Waals surface area contributed by atoms with E-state index in [0.29, 0.717) is 5.56 Å². The minimum atomic E-state index is -0.0882. The van der Waals surface area contributed by atoms with E-state index in [1.54, 1.807) is 18.3 Å².